The number of fused-ring (bicyclic) bond motifs is 1. The van der Waals surface area contributed by atoms with Crippen molar-refractivity contribution in [3.05, 3.63) is 58.5 Å². The Bertz CT molecular complexity index is 1220. The van der Waals surface area contributed by atoms with Gasteiger partial charge >= 0.3 is 5.69 Å². The number of nitrogens with zero attached hydrogens (tertiary/aromatic N) is 3. The van der Waals surface area contributed by atoms with Crippen LogP contribution in [-0.2, 0) is 0 Å². The number of carbonyl (C=O) groups is 2. The molecule has 8 heteroatoms. The molecule has 168 valence electrons. The third kappa shape index (κ3) is 3.93. The summed E-state index contributed by atoms with van der Waals surface area (Å²) in [5.74, 6) is 0.830. The molecule has 1 aliphatic rings. The zero-order chi connectivity index (χ0) is 22.8. The van der Waals surface area contributed by atoms with Crippen LogP contribution in [0.25, 0.3) is 11.0 Å². The van der Waals surface area contributed by atoms with Gasteiger partial charge in [0.05, 0.1) is 31.8 Å². The summed E-state index contributed by atoms with van der Waals surface area (Å²) in [4.78, 5) is 40.0. The highest BCUT2D eigenvalue weighted by Gasteiger charge is 2.27. The number of ketones is 1. The minimum absolute atomic E-state index is 0.00903. The first-order valence-electron chi connectivity index (χ1n) is 10.6. The summed E-state index contributed by atoms with van der Waals surface area (Å²) in [6.45, 7) is 3.08. The monoisotopic (exact) mass is 437 g/mol. The molecule has 1 saturated heterocycles. The van der Waals surface area contributed by atoms with Crippen molar-refractivity contribution in [1.29, 1.82) is 0 Å². The lowest BCUT2D eigenvalue weighted by molar-refractivity contribution is 0.0891. The number of Topliss-reactive ketones (excluding diaryl/α,β-unsaturated/α-hetero) is 1. The first-order chi connectivity index (χ1) is 15.4. The molecular formula is C24H27N3O5. The highest BCUT2D eigenvalue weighted by Crippen LogP contribution is 2.29. The van der Waals surface area contributed by atoms with E-state index in [1.807, 2.05) is 18.2 Å². The van der Waals surface area contributed by atoms with Crippen LogP contribution in [-0.4, -0.2) is 59.6 Å². The van der Waals surface area contributed by atoms with Crippen LogP contribution in [0.4, 0.5) is 0 Å². The van der Waals surface area contributed by atoms with Crippen molar-refractivity contribution in [2.75, 3.05) is 33.9 Å². The highest BCUT2D eigenvalue weighted by molar-refractivity contribution is 5.98. The van der Waals surface area contributed by atoms with Gasteiger partial charge < -0.3 is 9.47 Å². The van der Waals surface area contributed by atoms with Crippen molar-refractivity contribution in [2.24, 2.45) is 0 Å². The first kappa shape index (κ1) is 21.8. The molecule has 0 saturated carbocycles. The maximum absolute atomic E-state index is 13.0. The fourth-order valence-electron chi connectivity index (χ4n) is 4.47. The predicted molar refractivity (Wildman–Crippen MR) is 121 cm³/mol. The van der Waals surface area contributed by atoms with Gasteiger partial charge in [-0.15, -0.1) is 0 Å². The molecule has 4 rings (SSSR count). The van der Waals surface area contributed by atoms with E-state index < -0.39 is 0 Å². The largest absolute Gasteiger partial charge is 0.493 e. The van der Waals surface area contributed by atoms with Gasteiger partial charge in [0.15, 0.2) is 17.3 Å². The Morgan fingerprint density at radius 1 is 0.969 bits per heavy atom. The fraction of sp³-hybridized carbons (Fsp3) is 0.375. The van der Waals surface area contributed by atoms with Gasteiger partial charge in [-0.1, -0.05) is 12.1 Å². The number of para-hydroxylation sites is 2. The summed E-state index contributed by atoms with van der Waals surface area (Å²) in [6.07, 6.45) is 1.45. The molecular weight excluding hydrogens is 410 g/mol. The van der Waals surface area contributed by atoms with Crippen molar-refractivity contribution in [3.63, 3.8) is 0 Å². The van der Waals surface area contributed by atoms with Crippen LogP contribution in [0.5, 0.6) is 11.5 Å². The van der Waals surface area contributed by atoms with E-state index in [9.17, 15) is 14.4 Å². The first-order valence-corrected chi connectivity index (χ1v) is 10.6. The van der Waals surface area contributed by atoms with Crippen LogP contribution >= 0.6 is 0 Å². The molecule has 0 aliphatic carbocycles. The number of methoxy groups -OCH3 is 2. The minimum atomic E-state index is -0.293. The van der Waals surface area contributed by atoms with Crippen LogP contribution in [0.15, 0.2) is 47.3 Å². The third-order valence-electron chi connectivity index (χ3n) is 6.09. The van der Waals surface area contributed by atoms with Crippen molar-refractivity contribution in [1.82, 2.24) is 14.0 Å². The summed E-state index contributed by atoms with van der Waals surface area (Å²) >= 11 is 0. The Hall–Kier alpha value is -3.39. The fourth-order valence-corrected chi connectivity index (χ4v) is 4.47. The molecule has 0 atom stereocenters. The van der Waals surface area contributed by atoms with Crippen LogP contribution in [0.2, 0.25) is 0 Å². The summed E-state index contributed by atoms with van der Waals surface area (Å²) in [5.41, 5.74) is 1.69. The molecule has 0 spiro atoms. The number of benzene rings is 2. The standard InChI is InChI=1S/C24H27N3O5/c1-16(28)26-19-6-4-5-7-20(19)27(24(26)30)18-10-12-25(13-11-18)15-21(29)17-8-9-22(31-2)23(14-17)32-3/h4-9,14,18H,10-13,15H2,1-3H3. The van der Waals surface area contributed by atoms with E-state index in [1.165, 1.54) is 11.5 Å². The third-order valence-corrected chi connectivity index (χ3v) is 6.09. The second-order valence-electron chi connectivity index (χ2n) is 8.00. The van der Waals surface area contributed by atoms with Gasteiger partial charge in [-0.25, -0.2) is 9.36 Å². The van der Waals surface area contributed by atoms with Gasteiger partial charge in [-0.05, 0) is 43.2 Å². The van der Waals surface area contributed by atoms with Crippen molar-refractivity contribution < 1.29 is 19.1 Å². The number of hydrogen-bond donors (Lipinski definition) is 0. The van der Waals surface area contributed by atoms with E-state index in [1.54, 1.807) is 43.1 Å². The molecule has 1 aliphatic heterocycles. The molecule has 1 aromatic heterocycles. The lowest BCUT2D eigenvalue weighted by Gasteiger charge is -2.32. The molecule has 0 radical (unpaired) electrons. The summed E-state index contributed by atoms with van der Waals surface area (Å²) in [6, 6.07) is 12.5. The predicted octanol–water partition coefficient (Wildman–Crippen LogP) is 3.00. The van der Waals surface area contributed by atoms with Gasteiger partial charge in [0.25, 0.3) is 0 Å². The van der Waals surface area contributed by atoms with Crippen LogP contribution < -0.4 is 15.2 Å². The Kier molecular flexibility index (Phi) is 6.14. The second-order valence-corrected chi connectivity index (χ2v) is 8.00. The van der Waals surface area contributed by atoms with E-state index in [4.69, 9.17) is 9.47 Å². The quantitative estimate of drug-likeness (QED) is 0.552. The molecule has 0 unspecified atom stereocenters. The summed E-state index contributed by atoms with van der Waals surface area (Å²) < 4.78 is 13.5. The van der Waals surface area contributed by atoms with Crippen molar-refractivity contribution in [2.45, 2.75) is 25.8 Å². The van der Waals surface area contributed by atoms with Crippen LogP contribution in [0.3, 0.4) is 0 Å². The molecule has 8 nitrogen and oxygen atoms in total. The van der Waals surface area contributed by atoms with Gasteiger partial charge in [-0.2, -0.15) is 0 Å². The lowest BCUT2D eigenvalue weighted by atomic mass is 10.0. The Morgan fingerprint density at radius 2 is 1.62 bits per heavy atom. The molecule has 0 bridgehead atoms. The highest BCUT2D eigenvalue weighted by atomic mass is 16.5. The SMILES string of the molecule is COc1ccc(C(=O)CN2CCC(n3c(=O)n(C(C)=O)c4ccccc43)CC2)cc1OC. The number of imidazole rings is 1. The summed E-state index contributed by atoms with van der Waals surface area (Å²) in [7, 11) is 3.10. The topological polar surface area (TPSA) is 82.8 Å². The van der Waals surface area contributed by atoms with Gasteiger partial charge in [-0.3, -0.25) is 19.1 Å². The van der Waals surface area contributed by atoms with E-state index in [0.29, 0.717) is 42.2 Å². The van der Waals surface area contributed by atoms with E-state index in [2.05, 4.69) is 4.90 Å². The Morgan fingerprint density at radius 3 is 2.25 bits per heavy atom. The maximum atomic E-state index is 13.0. The number of likely N-dealkylation sites (tertiary alicyclic amines) is 1. The number of ether oxygens (including phenoxy) is 2. The average molecular weight is 437 g/mol. The number of carbonyl (C=O) groups excluding carboxylic acids is 2. The van der Waals surface area contributed by atoms with Crippen molar-refractivity contribution >= 4 is 22.7 Å². The lowest BCUT2D eigenvalue weighted by Crippen LogP contribution is -2.40. The molecule has 0 amide bonds. The van der Waals surface area contributed by atoms with E-state index in [0.717, 1.165) is 18.4 Å². The van der Waals surface area contributed by atoms with Crippen molar-refractivity contribution in [3.8, 4) is 11.5 Å². The van der Waals surface area contributed by atoms with Gasteiger partial charge in [0, 0.05) is 31.6 Å². The van der Waals surface area contributed by atoms with Crippen LogP contribution in [0, 0.1) is 0 Å². The normalized spacial score (nSPS) is 15.1. The maximum Gasteiger partial charge on any atom is 0.336 e. The molecule has 2 heterocycles. The number of rotatable bonds is 6. The zero-order valence-electron chi connectivity index (χ0n) is 18.5. The van der Waals surface area contributed by atoms with E-state index in [-0.39, 0.29) is 23.4 Å². The average Bonchev–Trinajstić information content (AvgIpc) is 3.11. The number of piperidine rings is 1. The zero-order valence-corrected chi connectivity index (χ0v) is 18.5. The molecule has 1 fully saturated rings. The Balaban J connectivity index is 1.48. The Labute approximate surface area is 185 Å². The van der Waals surface area contributed by atoms with Crippen LogP contribution in [0.1, 0.15) is 41.0 Å². The molecule has 2 aromatic carbocycles. The number of hydrogen-bond acceptors (Lipinski definition) is 6. The molecule has 3 aromatic rings. The van der Waals surface area contributed by atoms with E-state index >= 15 is 0 Å². The second kappa shape index (κ2) is 9.00. The number of aromatic nitrogens is 2. The van der Waals surface area contributed by atoms with Gasteiger partial charge in [0.1, 0.15) is 0 Å². The smallest absolute Gasteiger partial charge is 0.336 e. The molecule has 32 heavy (non-hydrogen) atoms. The van der Waals surface area contributed by atoms with Gasteiger partial charge in [0.2, 0.25) is 5.91 Å². The minimum Gasteiger partial charge on any atom is -0.493 e. The summed E-state index contributed by atoms with van der Waals surface area (Å²) in [5, 5.41) is 0. The molecule has 0 N–H and O–H groups in total.